The monoisotopic (exact) mass is 517 g/mol. The molecule has 1 N–H and O–H groups in total. The van der Waals surface area contributed by atoms with Gasteiger partial charge < -0.3 is 14.8 Å². The Bertz CT molecular complexity index is 946. The molecule has 11 heteroatoms. The standard InChI is InChI=1S/C23H27ClF3N3O3S/c24-15-4-3-5-16(25)19(15)23(31)28-12-17(21-20(22(26)27)29-13-34-21)30-9-7-14(8-10-30)33-18-6-1-2-11-32-18/h3-5,13-14,17-18,22H,1-2,6-12H2,(H,28,31). The van der Waals surface area contributed by atoms with Gasteiger partial charge in [0.1, 0.15) is 11.5 Å². The average Bonchev–Trinajstić information content (AvgIpc) is 3.31. The van der Waals surface area contributed by atoms with Crippen LogP contribution in [0.5, 0.6) is 0 Å². The number of thiazole rings is 1. The van der Waals surface area contributed by atoms with Gasteiger partial charge >= 0.3 is 0 Å². The minimum absolute atomic E-state index is 0.0111. The number of halogens is 4. The van der Waals surface area contributed by atoms with Crippen molar-refractivity contribution in [2.24, 2.45) is 0 Å². The fraction of sp³-hybridized carbons (Fsp3) is 0.565. The van der Waals surface area contributed by atoms with E-state index in [0.29, 0.717) is 37.4 Å². The second-order valence-corrected chi connectivity index (χ2v) is 9.69. The second kappa shape index (κ2) is 11.8. The van der Waals surface area contributed by atoms with E-state index in [1.165, 1.54) is 17.6 Å². The van der Waals surface area contributed by atoms with Crippen LogP contribution in [0.25, 0.3) is 0 Å². The largest absolute Gasteiger partial charge is 0.353 e. The highest BCUT2D eigenvalue weighted by Gasteiger charge is 2.33. The van der Waals surface area contributed by atoms with E-state index in [4.69, 9.17) is 21.1 Å². The lowest BCUT2D eigenvalue weighted by Crippen LogP contribution is -2.44. The number of aromatic nitrogens is 1. The van der Waals surface area contributed by atoms with Crippen LogP contribution >= 0.6 is 22.9 Å². The van der Waals surface area contributed by atoms with Crippen molar-refractivity contribution in [1.82, 2.24) is 15.2 Å². The van der Waals surface area contributed by atoms with Crippen LogP contribution in [-0.4, -0.2) is 54.4 Å². The topological polar surface area (TPSA) is 63.7 Å². The van der Waals surface area contributed by atoms with Crippen molar-refractivity contribution in [2.45, 2.75) is 57.0 Å². The van der Waals surface area contributed by atoms with Gasteiger partial charge in [-0.05, 0) is 44.2 Å². The van der Waals surface area contributed by atoms with Crippen molar-refractivity contribution in [3.8, 4) is 0 Å². The summed E-state index contributed by atoms with van der Waals surface area (Å²) in [5.74, 6) is -1.43. The summed E-state index contributed by atoms with van der Waals surface area (Å²) in [5.41, 5.74) is 0.832. The van der Waals surface area contributed by atoms with E-state index in [1.54, 1.807) is 0 Å². The number of nitrogens with one attached hydrogen (secondary N) is 1. The first kappa shape index (κ1) is 25.4. The molecular weight excluding hydrogens is 491 g/mol. The van der Waals surface area contributed by atoms with Gasteiger partial charge in [-0.15, -0.1) is 11.3 Å². The predicted octanol–water partition coefficient (Wildman–Crippen LogP) is 5.35. The number of rotatable bonds is 8. The van der Waals surface area contributed by atoms with Gasteiger partial charge in [0, 0.05) is 26.2 Å². The fourth-order valence-corrected chi connectivity index (χ4v) is 5.59. The summed E-state index contributed by atoms with van der Waals surface area (Å²) in [6, 6.07) is 3.46. The Labute approximate surface area is 205 Å². The Balaban J connectivity index is 1.44. The van der Waals surface area contributed by atoms with Crippen molar-refractivity contribution < 1.29 is 27.4 Å². The van der Waals surface area contributed by atoms with Crippen LogP contribution in [0.1, 0.15) is 65.5 Å². The number of alkyl halides is 2. The molecule has 0 aliphatic carbocycles. The SMILES string of the molecule is O=C(NCC(c1scnc1C(F)F)N1CCC(OC2CCCCO2)CC1)c1c(F)cccc1Cl. The summed E-state index contributed by atoms with van der Waals surface area (Å²) in [5, 5.41) is 2.68. The fourth-order valence-electron chi connectivity index (χ4n) is 4.41. The van der Waals surface area contributed by atoms with E-state index in [2.05, 4.69) is 10.3 Å². The highest BCUT2D eigenvalue weighted by atomic mass is 35.5. The molecule has 3 heterocycles. The normalized spacial score (nSPS) is 21.0. The average molecular weight is 518 g/mol. The molecule has 2 aromatic rings. The number of ether oxygens (including phenoxy) is 2. The van der Waals surface area contributed by atoms with Crippen molar-refractivity contribution >= 4 is 28.8 Å². The van der Waals surface area contributed by atoms with Gasteiger partial charge in [0.15, 0.2) is 6.29 Å². The lowest BCUT2D eigenvalue weighted by molar-refractivity contribution is -0.196. The maximum Gasteiger partial charge on any atom is 0.281 e. The van der Waals surface area contributed by atoms with Gasteiger partial charge in [-0.2, -0.15) is 0 Å². The number of carbonyl (C=O) groups is 1. The van der Waals surface area contributed by atoms with Gasteiger partial charge in [0.25, 0.3) is 12.3 Å². The summed E-state index contributed by atoms with van der Waals surface area (Å²) in [6.45, 7) is 1.92. The van der Waals surface area contributed by atoms with Crippen molar-refractivity contribution in [3.63, 3.8) is 0 Å². The molecule has 4 rings (SSSR count). The molecule has 6 nitrogen and oxygen atoms in total. The van der Waals surface area contributed by atoms with Gasteiger partial charge in [-0.25, -0.2) is 18.2 Å². The quantitative estimate of drug-likeness (QED) is 0.511. The van der Waals surface area contributed by atoms with Gasteiger partial charge in [0.05, 0.1) is 33.1 Å². The highest BCUT2D eigenvalue weighted by Crippen LogP contribution is 2.35. The molecule has 2 aliphatic rings. The molecule has 2 saturated heterocycles. The van der Waals surface area contributed by atoms with E-state index in [9.17, 15) is 18.0 Å². The molecule has 2 aliphatic heterocycles. The molecule has 2 atom stereocenters. The van der Waals surface area contributed by atoms with Crippen LogP contribution in [-0.2, 0) is 9.47 Å². The summed E-state index contributed by atoms with van der Waals surface area (Å²) in [6.07, 6.45) is 1.56. The zero-order valence-electron chi connectivity index (χ0n) is 18.5. The van der Waals surface area contributed by atoms with Gasteiger partial charge in [-0.3, -0.25) is 9.69 Å². The van der Waals surface area contributed by atoms with Crippen LogP contribution in [0.15, 0.2) is 23.7 Å². The molecule has 186 valence electrons. The number of piperidine rings is 1. The second-order valence-electron chi connectivity index (χ2n) is 8.39. The Morgan fingerprint density at radius 2 is 2.09 bits per heavy atom. The number of carbonyl (C=O) groups excluding carboxylic acids is 1. The highest BCUT2D eigenvalue weighted by molar-refractivity contribution is 7.09. The zero-order chi connectivity index (χ0) is 24.1. The van der Waals surface area contributed by atoms with E-state index in [-0.39, 0.29) is 35.2 Å². The number of nitrogens with zero attached hydrogens (tertiary/aromatic N) is 2. The van der Waals surface area contributed by atoms with Gasteiger partial charge in [-0.1, -0.05) is 17.7 Å². The zero-order valence-corrected chi connectivity index (χ0v) is 20.1. The van der Waals surface area contributed by atoms with Crippen molar-refractivity contribution in [2.75, 3.05) is 26.2 Å². The number of amides is 1. The van der Waals surface area contributed by atoms with E-state index in [1.807, 2.05) is 4.90 Å². The Hall–Kier alpha value is -1.72. The lowest BCUT2D eigenvalue weighted by Gasteiger charge is -2.38. The van der Waals surface area contributed by atoms with Gasteiger partial charge in [0.2, 0.25) is 0 Å². The van der Waals surface area contributed by atoms with E-state index >= 15 is 0 Å². The molecular formula is C23H27ClF3N3O3S. The van der Waals surface area contributed by atoms with Crippen LogP contribution in [0.2, 0.25) is 5.02 Å². The van der Waals surface area contributed by atoms with Crippen molar-refractivity contribution in [1.29, 1.82) is 0 Å². The predicted molar refractivity (Wildman–Crippen MR) is 123 cm³/mol. The van der Waals surface area contributed by atoms with Crippen molar-refractivity contribution in [3.05, 3.63) is 50.7 Å². The first-order chi connectivity index (χ1) is 16.4. The molecule has 2 fully saturated rings. The summed E-state index contributed by atoms with van der Waals surface area (Å²) >= 11 is 7.14. The third-order valence-electron chi connectivity index (χ3n) is 6.18. The molecule has 1 amide bonds. The minimum atomic E-state index is -2.73. The lowest BCUT2D eigenvalue weighted by atomic mass is 10.0. The molecule has 1 aromatic carbocycles. The minimum Gasteiger partial charge on any atom is -0.353 e. The molecule has 0 bridgehead atoms. The Kier molecular flexibility index (Phi) is 8.81. The number of hydrogen-bond acceptors (Lipinski definition) is 6. The molecule has 0 radical (unpaired) electrons. The molecule has 1 aromatic heterocycles. The third kappa shape index (κ3) is 6.09. The van der Waals surface area contributed by atoms with Crippen LogP contribution < -0.4 is 5.32 Å². The summed E-state index contributed by atoms with van der Waals surface area (Å²) < 4.78 is 53.2. The summed E-state index contributed by atoms with van der Waals surface area (Å²) in [4.78, 5) is 19.0. The first-order valence-electron chi connectivity index (χ1n) is 11.4. The summed E-state index contributed by atoms with van der Waals surface area (Å²) in [7, 11) is 0. The molecule has 34 heavy (non-hydrogen) atoms. The van der Waals surface area contributed by atoms with E-state index < -0.39 is 24.2 Å². The molecule has 2 unspecified atom stereocenters. The molecule has 0 spiro atoms. The maximum atomic E-state index is 14.2. The van der Waals surface area contributed by atoms with Crippen LogP contribution in [0.3, 0.4) is 0 Å². The number of hydrogen-bond donors (Lipinski definition) is 1. The maximum absolute atomic E-state index is 14.2. The third-order valence-corrected chi connectivity index (χ3v) is 7.44. The first-order valence-corrected chi connectivity index (χ1v) is 12.6. The molecule has 0 saturated carbocycles. The Morgan fingerprint density at radius 1 is 1.29 bits per heavy atom. The Morgan fingerprint density at radius 3 is 2.76 bits per heavy atom. The van der Waals surface area contributed by atoms with Crippen LogP contribution in [0, 0.1) is 5.82 Å². The smallest absolute Gasteiger partial charge is 0.281 e. The number of likely N-dealkylation sites (tertiary alicyclic amines) is 1. The van der Waals surface area contributed by atoms with E-state index in [0.717, 1.165) is 36.7 Å². The number of benzene rings is 1. The van der Waals surface area contributed by atoms with Crippen LogP contribution in [0.4, 0.5) is 13.2 Å².